The molecular formula is C21H15BrCl2N2O2. The minimum Gasteiger partial charge on any atom is -0.488 e. The summed E-state index contributed by atoms with van der Waals surface area (Å²) in [5.74, 6) is 0.308. The van der Waals surface area contributed by atoms with Gasteiger partial charge >= 0.3 is 0 Å². The summed E-state index contributed by atoms with van der Waals surface area (Å²) in [5.41, 5.74) is 4.56. The largest absolute Gasteiger partial charge is 0.488 e. The summed E-state index contributed by atoms with van der Waals surface area (Å²) in [6.07, 6.45) is 1.54. The Morgan fingerprint density at radius 1 is 1.07 bits per heavy atom. The number of hydrogen-bond acceptors (Lipinski definition) is 3. The van der Waals surface area contributed by atoms with Crippen molar-refractivity contribution in [2.24, 2.45) is 5.10 Å². The number of carbonyl (C=O) groups excluding carboxylic acids is 1. The summed E-state index contributed by atoms with van der Waals surface area (Å²) in [5, 5.41) is 5.15. The molecule has 1 amide bonds. The van der Waals surface area contributed by atoms with Crippen LogP contribution in [0, 0.1) is 0 Å². The van der Waals surface area contributed by atoms with Crippen LogP contribution in [-0.2, 0) is 6.61 Å². The van der Waals surface area contributed by atoms with Crippen molar-refractivity contribution < 1.29 is 9.53 Å². The first-order valence-corrected chi connectivity index (χ1v) is 9.83. The Morgan fingerprint density at radius 2 is 1.82 bits per heavy atom. The van der Waals surface area contributed by atoms with Gasteiger partial charge in [0.2, 0.25) is 0 Å². The van der Waals surface area contributed by atoms with Gasteiger partial charge in [-0.05, 0) is 52.3 Å². The zero-order valence-corrected chi connectivity index (χ0v) is 17.6. The molecule has 0 aromatic heterocycles. The van der Waals surface area contributed by atoms with Crippen LogP contribution < -0.4 is 10.2 Å². The number of nitrogens with zero attached hydrogens (tertiary/aromatic N) is 1. The fraction of sp³-hybridized carbons (Fsp3) is 0.0476. The number of para-hydroxylation sites is 1. The van der Waals surface area contributed by atoms with Crippen molar-refractivity contribution in [3.05, 3.63) is 97.9 Å². The molecule has 0 heterocycles. The highest BCUT2D eigenvalue weighted by molar-refractivity contribution is 9.10. The van der Waals surface area contributed by atoms with E-state index in [0.29, 0.717) is 25.8 Å². The Hall–Kier alpha value is -2.34. The molecule has 0 bridgehead atoms. The van der Waals surface area contributed by atoms with Crippen LogP contribution in [0.4, 0.5) is 0 Å². The molecule has 3 aromatic rings. The van der Waals surface area contributed by atoms with E-state index < -0.39 is 0 Å². The molecule has 0 saturated heterocycles. The smallest absolute Gasteiger partial charge is 0.272 e. The lowest BCUT2D eigenvalue weighted by molar-refractivity contribution is 0.0954. The first-order valence-electron chi connectivity index (χ1n) is 8.28. The third-order valence-corrected chi connectivity index (χ3v) is 5.08. The van der Waals surface area contributed by atoms with Crippen LogP contribution in [0.5, 0.6) is 5.75 Å². The van der Waals surface area contributed by atoms with Crippen LogP contribution >= 0.6 is 39.1 Å². The lowest BCUT2D eigenvalue weighted by Gasteiger charge is -2.10. The third kappa shape index (κ3) is 5.35. The zero-order chi connectivity index (χ0) is 19.9. The van der Waals surface area contributed by atoms with Crippen LogP contribution in [0.15, 0.2) is 76.3 Å². The average molecular weight is 478 g/mol. The summed E-state index contributed by atoms with van der Waals surface area (Å²) >= 11 is 15.4. The fourth-order valence-electron chi connectivity index (χ4n) is 2.38. The topological polar surface area (TPSA) is 50.7 Å². The van der Waals surface area contributed by atoms with Gasteiger partial charge in [-0.25, -0.2) is 5.43 Å². The van der Waals surface area contributed by atoms with Gasteiger partial charge in [0.05, 0.1) is 11.8 Å². The van der Waals surface area contributed by atoms with E-state index in [1.807, 2.05) is 36.4 Å². The molecule has 0 unspecified atom stereocenters. The van der Waals surface area contributed by atoms with Gasteiger partial charge in [0.1, 0.15) is 12.4 Å². The molecule has 0 saturated carbocycles. The number of hydrogen-bond donors (Lipinski definition) is 1. The van der Waals surface area contributed by atoms with Crippen LogP contribution in [0.2, 0.25) is 10.0 Å². The summed E-state index contributed by atoms with van der Waals surface area (Å²) < 4.78 is 6.57. The van der Waals surface area contributed by atoms with Crippen molar-refractivity contribution in [2.75, 3.05) is 0 Å². The standard InChI is InChI=1S/C21H15BrCl2N2O2/c22-18-7-3-2-6-17(18)21(27)26-25-12-14-5-1-4-8-20(14)28-13-15-9-10-16(23)11-19(15)24/h1-12H,13H2,(H,26,27)/b25-12-. The fourth-order valence-corrected chi connectivity index (χ4v) is 3.31. The second-order valence-electron chi connectivity index (χ2n) is 5.74. The Morgan fingerprint density at radius 3 is 2.61 bits per heavy atom. The quantitative estimate of drug-likeness (QED) is 0.344. The molecule has 1 N–H and O–H groups in total. The number of rotatable bonds is 6. The van der Waals surface area contributed by atoms with Gasteiger partial charge in [-0.3, -0.25) is 4.79 Å². The number of halogens is 3. The molecule has 0 aliphatic carbocycles. The molecule has 0 atom stereocenters. The second-order valence-corrected chi connectivity index (χ2v) is 7.44. The van der Waals surface area contributed by atoms with Gasteiger partial charge in [-0.1, -0.05) is 53.5 Å². The Labute approximate surface area is 181 Å². The van der Waals surface area contributed by atoms with Gasteiger partial charge < -0.3 is 4.74 Å². The van der Waals surface area contributed by atoms with Gasteiger partial charge in [-0.2, -0.15) is 5.10 Å². The van der Waals surface area contributed by atoms with E-state index >= 15 is 0 Å². The number of benzene rings is 3. The van der Waals surface area contributed by atoms with Gasteiger partial charge in [0.25, 0.3) is 5.91 Å². The van der Waals surface area contributed by atoms with Crippen molar-refractivity contribution in [3.8, 4) is 5.75 Å². The Kier molecular flexibility index (Phi) is 7.09. The van der Waals surface area contributed by atoms with Crippen molar-refractivity contribution in [1.29, 1.82) is 0 Å². The lowest BCUT2D eigenvalue weighted by atomic mass is 10.2. The number of nitrogens with one attached hydrogen (secondary N) is 1. The van der Waals surface area contributed by atoms with Crippen LogP contribution in [0.1, 0.15) is 21.5 Å². The van der Waals surface area contributed by atoms with Crippen LogP contribution in [0.3, 0.4) is 0 Å². The maximum Gasteiger partial charge on any atom is 0.272 e. The molecule has 3 rings (SSSR count). The number of carbonyl (C=O) groups is 1. The van der Waals surface area contributed by atoms with E-state index in [1.165, 1.54) is 6.21 Å². The van der Waals surface area contributed by atoms with E-state index in [9.17, 15) is 4.79 Å². The predicted octanol–water partition coefficient (Wildman–Crippen LogP) is 6.10. The van der Waals surface area contributed by atoms with Gasteiger partial charge in [-0.15, -0.1) is 0 Å². The van der Waals surface area contributed by atoms with Crippen molar-refractivity contribution in [1.82, 2.24) is 5.43 Å². The van der Waals surface area contributed by atoms with Crippen molar-refractivity contribution in [3.63, 3.8) is 0 Å². The number of hydrazone groups is 1. The monoisotopic (exact) mass is 476 g/mol. The summed E-state index contributed by atoms with van der Waals surface area (Å²) in [4.78, 5) is 12.2. The van der Waals surface area contributed by atoms with E-state index in [1.54, 1.807) is 30.3 Å². The van der Waals surface area contributed by atoms with Crippen molar-refractivity contribution >= 4 is 51.3 Å². The SMILES string of the molecule is O=C(N/N=C\c1ccccc1OCc1ccc(Cl)cc1Cl)c1ccccc1Br. The molecular weight excluding hydrogens is 463 g/mol. The van der Waals surface area contributed by atoms with Gasteiger partial charge in [0, 0.05) is 25.6 Å². The first-order chi connectivity index (χ1) is 13.5. The molecule has 0 aliphatic heterocycles. The minimum absolute atomic E-state index is 0.282. The average Bonchev–Trinajstić information content (AvgIpc) is 2.68. The molecule has 7 heteroatoms. The molecule has 3 aromatic carbocycles. The summed E-state index contributed by atoms with van der Waals surface area (Å²) in [6, 6.07) is 19.8. The molecule has 4 nitrogen and oxygen atoms in total. The van der Waals surface area contributed by atoms with Gasteiger partial charge in [0.15, 0.2) is 0 Å². The highest BCUT2D eigenvalue weighted by Crippen LogP contribution is 2.24. The summed E-state index contributed by atoms with van der Waals surface area (Å²) in [7, 11) is 0. The molecule has 142 valence electrons. The Balaban J connectivity index is 1.67. The van der Waals surface area contributed by atoms with E-state index in [4.69, 9.17) is 27.9 Å². The third-order valence-electron chi connectivity index (χ3n) is 3.81. The maximum absolute atomic E-state index is 12.2. The molecule has 28 heavy (non-hydrogen) atoms. The van der Waals surface area contributed by atoms with E-state index in [2.05, 4.69) is 26.5 Å². The first kappa shape index (κ1) is 20.4. The summed E-state index contributed by atoms with van der Waals surface area (Å²) in [6.45, 7) is 0.282. The van der Waals surface area contributed by atoms with E-state index in [-0.39, 0.29) is 12.5 Å². The minimum atomic E-state index is -0.310. The lowest BCUT2D eigenvalue weighted by Crippen LogP contribution is -2.18. The Bertz CT molecular complexity index is 1020. The highest BCUT2D eigenvalue weighted by Gasteiger charge is 2.08. The molecule has 0 radical (unpaired) electrons. The zero-order valence-electron chi connectivity index (χ0n) is 14.5. The molecule has 0 aliphatic rings. The van der Waals surface area contributed by atoms with Crippen LogP contribution in [0.25, 0.3) is 0 Å². The number of ether oxygens (including phenoxy) is 1. The molecule has 0 spiro atoms. The number of amides is 1. The van der Waals surface area contributed by atoms with Crippen molar-refractivity contribution in [2.45, 2.75) is 6.61 Å². The van der Waals surface area contributed by atoms with Crippen LogP contribution in [-0.4, -0.2) is 12.1 Å². The predicted molar refractivity (Wildman–Crippen MR) is 116 cm³/mol. The normalized spacial score (nSPS) is 10.8. The second kappa shape index (κ2) is 9.73. The highest BCUT2D eigenvalue weighted by atomic mass is 79.9. The maximum atomic E-state index is 12.2. The van der Waals surface area contributed by atoms with E-state index in [0.717, 1.165) is 11.1 Å². The molecule has 0 fully saturated rings.